The van der Waals surface area contributed by atoms with Crippen LogP contribution in [0, 0.1) is 6.92 Å². The van der Waals surface area contributed by atoms with Crippen LogP contribution in [0.25, 0.3) is 5.69 Å². The van der Waals surface area contributed by atoms with E-state index in [2.05, 4.69) is 10.4 Å². The Morgan fingerprint density at radius 2 is 1.88 bits per heavy atom. The highest BCUT2D eigenvalue weighted by atomic mass is 16.4. The quantitative estimate of drug-likeness (QED) is 0.751. The fourth-order valence-electron chi connectivity index (χ4n) is 2.55. The van der Waals surface area contributed by atoms with E-state index >= 15 is 0 Å². The van der Waals surface area contributed by atoms with Crippen LogP contribution in [0.2, 0.25) is 0 Å². The third-order valence-electron chi connectivity index (χ3n) is 3.88. The Labute approximate surface area is 144 Å². The van der Waals surface area contributed by atoms with E-state index in [1.807, 2.05) is 37.3 Å². The highest BCUT2D eigenvalue weighted by molar-refractivity contribution is 5.95. The number of hydrogen-bond acceptors (Lipinski definition) is 3. The van der Waals surface area contributed by atoms with E-state index in [-0.39, 0.29) is 18.0 Å². The SMILES string of the molecule is Cc1c(C(=O)NCc2cccc(C(=O)O)c2)cnn1-c1ccccc1. The van der Waals surface area contributed by atoms with Crippen molar-refractivity contribution in [2.75, 3.05) is 0 Å². The van der Waals surface area contributed by atoms with Gasteiger partial charge in [-0.05, 0) is 36.8 Å². The Morgan fingerprint density at radius 3 is 2.60 bits per heavy atom. The Morgan fingerprint density at radius 1 is 1.12 bits per heavy atom. The van der Waals surface area contributed by atoms with E-state index in [9.17, 15) is 9.59 Å². The molecule has 1 heterocycles. The topological polar surface area (TPSA) is 84.2 Å². The Kier molecular flexibility index (Phi) is 4.61. The fraction of sp³-hybridized carbons (Fsp3) is 0.105. The summed E-state index contributed by atoms with van der Waals surface area (Å²) in [6.07, 6.45) is 1.53. The summed E-state index contributed by atoms with van der Waals surface area (Å²) in [5, 5.41) is 16.1. The molecule has 0 unspecified atom stereocenters. The minimum atomic E-state index is -0.992. The van der Waals surface area contributed by atoms with Gasteiger partial charge in [0, 0.05) is 6.54 Å². The van der Waals surface area contributed by atoms with Gasteiger partial charge in [-0.1, -0.05) is 30.3 Å². The third-order valence-corrected chi connectivity index (χ3v) is 3.88. The van der Waals surface area contributed by atoms with E-state index < -0.39 is 5.97 Å². The van der Waals surface area contributed by atoms with Crippen LogP contribution in [-0.2, 0) is 6.54 Å². The van der Waals surface area contributed by atoms with Gasteiger partial charge in [0.05, 0.1) is 28.7 Å². The van der Waals surface area contributed by atoms with Crippen LogP contribution in [0.5, 0.6) is 0 Å². The molecule has 2 aromatic carbocycles. The van der Waals surface area contributed by atoms with Crippen LogP contribution < -0.4 is 5.32 Å². The average molecular weight is 335 g/mol. The fourth-order valence-corrected chi connectivity index (χ4v) is 2.55. The summed E-state index contributed by atoms with van der Waals surface area (Å²) >= 11 is 0. The maximum Gasteiger partial charge on any atom is 0.335 e. The molecule has 126 valence electrons. The molecule has 0 radical (unpaired) electrons. The first-order chi connectivity index (χ1) is 12.1. The number of carboxylic acids is 1. The van der Waals surface area contributed by atoms with Crippen molar-refractivity contribution in [3.05, 3.63) is 83.2 Å². The zero-order valence-corrected chi connectivity index (χ0v) is 13.6. The van der Waals surface area contributed by atoms with E-state index in [1.54, 1.807) is 22.9 Å². The first-order valence-corrected chi connectivity index (χ1v) is 7.77. The zero-order valence-electron chi connectivity index (χ0n) is 13.6. The minimum Gasteiger partial charge on any atom is -0.478 e. The van der Waals surface area contributed by atoms with Crippen molar-refractivity contribution in [2.24, 2.45) is 0 Å². The summed E-state index contributed by atoms with van der Waals surface area (Å²) < 4.78 is 1.71. The van der Waals surface area contributed by atoms with Gasteiger partial charge in [-0.2, -0.15) is 5.10 Å². The Hall–Kier alpha value is -3.41. The normalized spacial score (nSPS) is 10.4. The van der Waals surface area contributed by atoms with Gasteiger partial charge in [-0.25, -0.2) is 9.48 Å². The maximum absolute atomic E-state index is 12.4. The van der Waals surface area contributed by atoms with Gasteiger partial charge in [0.2, 0.25) is 0 Å². The van der Waals surface area contributed by atoms with Crippen molar-refractivity contribution in [3.63, 3.8) is 0 Å². The lowest BCUT2D eigenvalue weighted by Gasteiger charge is -2.07. The number of carbonyl (C=O) groups excluding carboxylic acids is 1. The molecule has 0 spiro atoms. The van der Waals surface area contributed by atoms with Gasteiger partial charge in [-0.3, -0.25) is 4.79 Å². The van der Waals surface area contributed by atoms with Crippen molar-refractivity contribution in [2.45, 2.75) is 13.5 Å². The third kappa shape index (κ3) is 3.58. The maximum atomic E-state index is 12.4. The van der Waals surface area contributed by atoms with E-state index in [0.717, 1.165) is 16.9 Å². The van der Waals surface area contributed by atoms with Crippen molar-refractivity contribution in [1.29, 1.82) is 0 Å². The van der Waals surface area contributed by atoms with Gasteiger partial charge >= 0.3 is 5.97 Å². The van der Waals surface area contributed by atoms with Gasteiger partial charge in [0.25, 0.3) is 5.91 Å². The molecule has 0 aliphatic heterocycles. The predicted octanol–water partition coefficient (Wildman–Crippen LogP) is 2.81. The molecule has 1 amide bonds. The van der Waals surface area contributed by atoms with Gasteiger partial charge in [0.1, 0.15) is 0 Å². The molecule has 1 aromatic heterocycles. The molecule has 2 N–H and O–H groups in total. The first-order valence-electron chi connectivity index (χ1n) is 7.77. The number of para-hydroxylation sites is 1. The lowest BCUT2D eigenvalue weighted by molar-refractivity contribution is 0.0696. The van der Waals surface area contributed by atoms with E-state index in [4.69, 9.17) is 5.11 Å². The molecule has 0 saturated heterocycles. The number of rotatable bonds is 5. The molecule has 3 rings (SSSR count). The number of carbonyl (C=O) groups is 2. The number of nitrogens with one attached hydrogen (secondary N) is 1. The van der Waals surface area contributed by atoms with Crippen LogP contribution in [0.4, 0.5) is 0 Å². The monoisotopic (exact) mass is 335 g/mol. The van der Waals surface area contributed by atoms with E-state index in [0.29, 0.717) is 5.56 Å². The number of carboxylic acid groups (broad SMARTS) is 1. The van der Waals surface area contributed by atoms with Gasteiger partial charge in [-0.15, -0.1) is 0 Å². The number of benzene rings is 2. The summed E-state index contributed by atoms with van der Waals surface area (Å²) in [5.41, 5.74) is 3.02. The molecule has 0 fully saturated rings. The molecular weight excluding hydrogens is 318 g/mol. The number of aromatic carboxylic acids is 1. The molecule has 6 heteroatoms. The zero-order chi connectivity index (χ0) is 17.8. The second kappa shape index (κ2) is 7.00. The van der Waals surface area contributed by atoms with Crippen LogP contribution in [0.15, 0.2) is 60.8 Å². The second-order valence-corrected chi connectivity index (χ2v) is 5.58. The number of amides is 1. The van der Waals surface area contributed by atoms with Crippen molar-refractivity contribution >= 4 is 11.9 Å². The highest BCUT2D eigenvalue weighted by Crippen LogP contribution is 2.14. The average Bonchev–Trinajstić information content (AvgIpc) is 3.02. The van der Waals surface area contributed by atoms with Gasteiger partial charge < -0.3 is 10.4 Å². The van der Waals surface area contributed by atoms with Crippen molar-refractivity contribution < 1.29 is 14.7 Å². The van der Waals surface area contributed by atoms with Crippen molar-refractivity contribution in [1.82, 2.24) is 15.1 Å². The van der Waals surface area contributed by atoms with E-state index in [1.165, 1.54) is 12.3 Å². The molecule has 0 aliphatic carbocycles. The van der Waals surface area contributed by atoms with Crippen LogP contribution in [0.1, 0.15) is 32.0 Å². The standard InChI is InChI=1S/C19H17N3O3/c1-13-17(12-21-22(13)16-8-3-2-4-9-16)18(23)20-11-14-6-5-7-15(10-14)19(24)25/h2-10,12H,11H2,1H3,(H,20,23)(H,24,25). The molecule has 3 aromatic rings. The van der Waals surface area contributed by atoms with Crippen LogP contribution in [0.3, 0.4) is 0 Å². The molecule has 0 aliphatic rings. The summed E-state index contributed by atoms with van der Waals surface area (Å²) in [5.74, 6) is -1.24. The molecule has 0 bridgehead atoms. The minimum absolute atomic E-state index is 0.194. The molecule has 6 nitrogen and oxygen atoms in total. The number of hydrogen-bond donors (Lipinski definition) is 2. The second-order valence-electron chi connectivity index (χ2n) is 5.58. The van der Waals surface area contributed by atoms with Crippen LogP contribution in [-0.4, -0.2) is 26.8 Å². The Bertz CT molecular complexity index is 917. The van der Waals surface area contributed by atoms with Crippen LogP contribution >= 0.6 is 0 Å². The molecule has 0 atom stereocenters. The number of aromatic nitrogens is 2. The lowest BCUT2D eigenvalue weighted by atomic mass is 10.1. The number of nitrogens with zero attached hydrogens (tertiary/aromatic N) is 2. The largest absolute Gasteiger partial charge is 0.478 e. The lowest BCUT2D eigenvalue weighted by Crippen LogP contribution is -2.23. The van der Waals surface area contributed by atoms with Gasteiger partial charge in [0.15, 0.2) is 0 Å². The highest BCUT2D eigenvalue weighted by Gasteiger charge is 2.15. The summed E-state index contributed by atoms with van der Waals surface area (Å²) in [4.78, 5) is 23.4. The first kappa shape index (κ1) is 16.4. The molecular formula is C19H17N3O3. The molecule has 25 heavy (non-hydrogen) atoms. The molecule has 0 saturated carbocycles. The smallest absolute Gasteiger partial charge is 0.335 e. The predicted molar refractivity (Wildman–Crippen MR) is 92.9 cm³/mol. The Balaban J connectivity index is 1.73. The summed E-state index contributed by atoms with van der Waals surface area (Å²) in [6.45, 7) is 2.08. The summed E-state index contributed by atoms with van der Waals surface area (Å²) in [7, 11) is 0. The van der Waals surface area contributed by atoms with Crippen molar-refractivity contribution in [3.8, 4) is 5.69 Å². The summed E-state index contributed by atoms with van der Waals surface area (Å²) in [6, 6.07) is 16.1.